The van der Waals surface area contributed by atoms with Gasteiger partial charge in [0, 0.05) is 43.4 Å². The van der Waals surface area contributed by atoms with Crippen LogP contribution in [0, 0.1) is 0 Å². The zero-order valence-electron chi connectivity index (χ0n) is 13.9. The molecule has 1 N–H and O–H groups in total. The number of nitrogens with one attached hydrogen (secondary N) is 1. The zero-order chi connectivity index (χ0) is 18.4. The summed E-state index contributed by atoms with van der Waals surface area (Å²) in [5.74, 6) is -0.283. The highest BCUT2D eigenvalue weighted by molar-refractivity contribution is 7.90. The van der Waals surface area contributed by atoms with Crippen LogP contribution in [0.15, 0.2) is 11.4 Å². The molecule has 1 fully saturated rings. The number of nitrogens with zero attached hydrogens (tertiary/aromatic N) is 3. The number of aromatic nitrogens is 2. The van der Waals surface area contributed by atoms with Crippen LogP contribution >= 0.6 is 0 Å². The maximum Gasteiger partial charge on any atom is 0.421 e. The van der Waals surface area contributed by atoms with Gasteiger partial charge in [-0.15, -0.1) is 0 Å². The third-order valence-electron chi connectivity index (χ3n) is 3.90. The molecule has 0 bridgehead atoms. The number of carbonyl (C=O) groups is 1. The second-order valence-corrected chi connectivity index (χ2v) is 7.11. The summed E-state index contributed by atoms with van der Waals surface area (Å²) in [6, 6.07) is 0. The van der Waals surface area contributed by atoms with Crippen molar-refractivity contribution >= 4 is 22.9 Å². The predicted octanol–water partition coefficient (Wildman–Crippen LogP) is 2.44. The highest BCUT2D eigenvalue weighted by Crippen LogP contribution is 2.33. The molecule has 0 unspecified atom stereocenters. The molecule has 1 aliphatic heterocycles. The Morgan fingerprint density at radius 2 is 2.12 bits per heavy atom. The van der Waals surface area contributed by atoms with Crippen molar-refractivity contribution in [1.29, 1.82) is 0 Å². The van der Waals surface area contributed by atoms with Gasteiger partial charge < -0.3 is 14.8 Å². The van der Waals surface area contributed by atoms with Crippen LogP contribution < -0.4 is 5.32 Å². The monoisotopic (exact) mass is 378 g/mol. The summed E-state index contributed by atoms with van der Waals surface area (Å²) in [7, 11) is 0. The number of carbonyl (C=O) groups excluding carboxylic acids is 1. The number of rotatable bonds is 6. The van der Waals surface area contributed by atoms with E-state index in [4.69, 9.17) is 0 Å². The average molecular weight is 378 g/mol. The lowest BCUT2D eigenvalue weighted by Gasteiger charge is -2.20. The van der Waals surface area contributed by atoms with Crippen molar-refractivity contribution in [1.82, 2.24) is 14.9 Å². The predicted molar refractivity (Wildman–Crippen MR) is 87.5 cm³/mol. The van der Waals surface area contributed by atoms with Gasteiger partial charge in [0.2, 0.25) is 5.91 Å². The number of alkyl halides is 3. The fourth-order valence-corrected chi connectivity index (χ4v) is 3.02. The van der Waals surface area contributed by atoms with E-state index in [-0.39, 0.29) is 23.4 Å². The van der Waals surface area contributed by atoms with Gasteiger partial charge in [-0.2, -0.15) is 23.1 Å². The first-order chi connectivity index (χ1) is 11.8. The van der Waals surface area contributed by atoms with Crippen LogP contribution in [0.25, 0.3) is 0 Å². The van der Waals surface area contributed by atoms with Gasteiger partial charge >= 0.3 is 11.3 Å². The highest BCUT2D eigenvalue weighted by Gasteiger charge is 2.36. The van der Waals surface area contributed by atoms with Crippen LogP contribution in [0.2, 0.25) is 0 Å². The molecule has 2 heterocycles. The van der Waals surface area contributed by atoms with Gasteiger partial charge in [-0.3, -0.25) is 4.79 Å². The Morgan fingerprint density at radius 3 is 2.80 bits per heavy atom. The summed E-state index contributed by atoms with van der Waals surface area (Å²) in [4.78, 5) is 20.9. The molecule has 0 radical (unpaired) electrons. The number of likely N-dealkylation sites (tertiary alicyclic amines) is 1. The Labute approximate surface area is 147 Å². The molecule has 0 aliphatic carbocycles. The summed E-state index contributed by atoms with van der Waals surface area (Å²) in [5.41, 5.74) is -0.993. The van der Waals surface area contributed by atoms with Crippen LogP contribution in [0.1, 0.15) is 37.7 Å². The van der Waals surface area contributed by atoms with Gasteiger partial charge in [0.05, 0.1) is 0 Å². The van der Waals surface area contributed by atoms with E-state index in [9.17, 15) is 22.5 Å². The zero-order valence-corrected chi connectivity index (χ0v) is 14.8. The van der Waals surface area contributed by atoms with Crippen LogP contribution in [0.4, 0.5) is 19.0 Å². The molecule has 25 heavy (non-hydrogen) atoms. The Balaban J connectivity index is 1.96. The van der Waals surface area contributed by atoms with Crippen molar-refractivity contribution < 1.29 is 22.5 Å². The number of hydrogen-bond acceptors (Lipinski definition) is 5. The van der Waals surface area contributed by atoms with Gasteiger partial charge in [0.15, 0.2) is 0 Å². The first-order valence-electron chi connectivity index (χ1n) is 8.08. The number of anilines is 1. The van der Waals surface area contributed by atoms with Crippen molar-refractivity contribution in [2.45, 2.75) is 43.4 Å². The van der Waals surface area contributed by atoms with Crippen LogP contribution in [0.3, 0.4) is 0 Å². The average Bonchev–Trinajstić information content (AvgIpc) is 2.75. The summed E-state index contributed by atoms with van der Waals surface area (Å²) < 4.78 is 50.5. The number of amides is 1. The molecular formula is C15H21F3N4O2S. The first-order valence-corrected chi connectivity index (χ1v) is 9.64. The Hall–Kier alpha value is -1.55. The maximum atomic E-state index is 13.0. The summed E-state index contributed by atoms with van der Waals surface area (Å²) in [5, 5.41) is 2.49. The minimum Gasteiger partial charge on any atom is -0.609 e. The molecule has 1 saturated heterocycles. The molecule has 1 aliphatic rings. The maximum absolute atomic E-state index is 13.0. The molecule has 140 valence electrons. The lowest BCUT2D eigenvalue weighted by molar-refractivity contribution is -0.137. The first kappa shape index (κ1) is 19.8. The lowest BCUT2D eigenvalue weighted by atomic mass is 10.2. The van der Waals surface area contributed by atoms with E-state index < -0.39 is 22.9 Å². The number of hydrogen-bond donors (Lipinski definition) is 1. The van der Waals surface area contributed by atoms with E-state index in [1.807, 2.05) is 0 Å². The Bertz CT molecular complexity index is 599. The van der Waals surface area contributed by atoms with Gasteiger partial charge in [-0.1, -0.05) is 6.42 Å². The number of halogens is 3. The second-order valence-electron chi connectivity index (χ2n) is 5.84. The summed E-state index contributed by atoms with van der Waals surface area (Å²) >= 11 is -1.57. The van der Waals surface area contributed by atoms with E-state index in [2.05, 4.69) is 15.3 Å². The highest BCUT2D eigenvalue weighted by atomic mass is 32.2. The molecular weight excluding hydrogens is 357 g/mol. The van der Waals surface area contributed by atoms with E-state index in [0.717, 1.165) is 19.3 Å². The van der Waals surface area contributed by atoms with E-state index in [0.29, 0.717) is 32.1 Å². The van der Waals surface area contributed by atoms with Gasteiger partial charge in [0.25, 0.3) is 0 Å². The molecule has 0 spiro atoms. The molecule has 2 rings (SSSR count). The second kappa shape index (κ2) is 8.70. The molecule has 1 amide bonds. The van der Waals surface area contributed by atoms with E-state index in [1.165, 1.54) is 6.26 Å². The quantitative estimate of drug-likeness (QED) is 0.467. The normalized spacial score (nSPS) is 17.3. The minimum absolute atomic E-state index is 0.0965. The third kappa shape index (κ3) is 5.74. The largest absolute Gasteiger partial charge is 0.609 e. The van der Waals surface area contributed by atoms with Gasteiger partial charge in [-0.05, 0) is 19.3 Å². The smallest absolute Gasteiger partial charge is 0.421 e. The van der Waals surface area contributed by atoms with Crippen LogP contribution in [0.5, 0.6) is 0 Å². The topological polar surface area (TPSA) is 81.2 Å². The molecule has 0 aromatic carbocycles. The standard InChI is InChI=1S/C15H21F3N4O2S/c1-25(24)14-20-10-11(15(16,17)18)13(21-14)19-7-5-9-22-8-4-2-3-6-12(22)23/h10H,2-9H2,1H3,(H,19,20,21)/t25-/m0/s1. The fourth-order valence-electron chi connectivity index (χ4n) is 2.60. The molecule has 0 saturated carbocycles. The fraction of sp³-hybridized carbons (Fsp3) is 0.667. The van der Waals surface area contributed by atoms with Crippen molar-refractivity contribution in [3.05, 3.63) is 11.8 Å². The third-order valence-corrected chi connectivity index (χ3v) is 4.61. The Morgan fingerprint density at radius 1 is 1.36 bits per heavy atom. The van der Waals surface area contributed by atoms with Crippen molar-refractivity contribution in [3.8, 4) is 0 Å². The molecule has 1 aromatic heterocycles. The SMILES string of the molecule is C[S@+]([O-])c1ncc(C(F)(F)F)c(NCCCN2CCCCCC2=O)n1. The molecule has 6 nitrogen and oxygen atoms in total. The van der Waals surface area contributed by atoms with Gasteiger partial charge in [0.1, 0.15) is 17.6 Å². The Kier molecular flexibility index (Phi) is 6.88. The van der Waals surface area contributed by atoms with E-state index >= 15 is 0 Å². The molecule has 1 aromatic rings. The summed E-state index contributed by atoms with van der Waals surface area (Å²) in [6.45, 7) is 1.41. The molecule has 1 atom stereocenters. The van der Waals surface area contributed by atoms with Crippen LogP contribution in [-0.4, -0.2) is 51.2 Å². The summed E-state index contributed by atoms with van der Waals surface area (Å²) in [6.07, 6.45) is 1.24. The van der Waals surface area contributed by atoms with Crippen molar-refractivity contribution in [2.24, 2.45) is 0 Å². The van der Waals surface area contributed by atoms with Gasteiger partial charge in [-0.25, -0.2) is 0 Å². The van der Waals surface area contributed by atoms with Crippen LogP contribution in [-0.2, 0) is 22.1 Å². The van der Waals surface area contributed by atoms with Crippen molar-refractivity contribution in [2.75, 3.05) is 31.2 Å². The van der Waals surface area contributed by atoms with Crippen molar-refractivity contribution in [3.63, 3.8) is 0 Å². The van der Waals surface area contributed by atoms with E-state index in [1.54, 1.807) is 4.90 Å². The minimum atomic E-state index is -4.60. The lowest BCUT2D eigenvalue weighted by Crippen LogP contribution is -2.32. The molecule has 10 heteroatoms.